The highest BCUT2D eigenvalue weighted by atomic mass is 32.1. The maximum absolute atomic E-state index is 13.0. The van der Waals surface area contributed by atoms with E-state index in [1.165, 1.54) is 48.3 Å². The summed E-state index contributed by atoms with van der Waals surface area (Å²) in [7, 11) is 0. The Morgan fingerprint density at radius 2 is 1.76 bits per heavy atom. The Kier molecular flexibility index (Phi) is 7.12. The van der Waals surface area contributed by atoms with Crippen molar-refractivity contribution in [2.24, 2.45) is 5.92 Å². The zero-order chi connectivity index (χ0) is 23.8. The Morgan fingerprint density at radius 1 is 1.06 bits per heavy atom. The number of thiophene rings is 1. The molecule has 6 nitrogen and oxygen atoms in total. The number of nitrogens with zero attached hydrogens (tertiary/aromatic N) is 4. The Morgan fingerprint density at radius 3 is 2.38 bits per heavy atom. The van der Waals surface area contributed by atoms with E-state index in [-0.39, 0.29) is 17.9 Å². The van der Waals surface area contributed by atoms with E-state index in [9.17, 15) is 4.79 Å². The van der Waals surface area contributed by atoms with Gasteiger partial charge in [-0.05, 0) is 70.9 Å². The summed E-state index contributed by atoms with van der Waals surface area (Å²) in [4.78, 5) is 18.4. The van der Waals surface area contributed by atoms with Gasteiger partial charge in [-0.25, -0.2) is 0 Å². The normalized spacial score (nSPS) is 26.4. The molecule has 5 rings (SSSR count). The van der Waals surface area contributed by atoms with Gasteiger partial charge >= 0.3 is 0 Å². The molecule has 2 aliphatic heterocycles. The van der Waals surface area contributed by atoms with Gasteiger partial charge in [-0.15, -0.1) is 21.5 Å². The van der Waals surface area contributed by atoms with Crippen molar-refractivity contribution >= 4 is 17.2 Å². The largest absolute Gasteiger partial charge is 0.348 e. The molecule has 0 radical (unpaired) electrons. The molecule has 0 unspecified atom stereocenters. The number of piperidine rings is 1. The zero-order valence-corrected chi connectivity index (χ0v) is 22.1. The molecule has 1 N–H and O–H groups in total. The molecule has 2 aromatic rings. The van der Waals surface area contributed by atoms with E-state index in [1.807, 2.05) is 11.3 Å². The molecule has 1 saturated carbocycles. The van der Waals surface area contributed by atoms with Crippen LogP contribution in [0.5, 0.6) is 0 Å². The third kappa shape index (κ3) is 4.83. The first-order valence-corrected chi connectivity index (χ1v) is 14.3. The summed E-state index contributed by atoms with van der Waals surface area (Å²) in [6.07, 6.45) is 10.5. The van der Waals surface area contributed by atoms with E-state index in [4.69, 9.17) is 0 Å². The van der Waals surface area contributed by atoms with Crippen LogP contribution in [0.1, 0.15) is 111 Å². The average molecular weight is 484 g/mol. The number of hydrogen-bond acceptors (Lipinski definition) is 5. The highest BCUT2D eigenvalue weighted by Gasteiger charge is 2.42. The van der Waals surface area contributed by atoms with E-state index in [0.29, 0.717) is 24.0 Å². The molecule has 1 aliphatic carbocycles. The Labute approximate surface area is 208 Å². The van der Waals surface area contributed by atoms with Crippen LogP contribution in [0, 0.1) is 19.8 Å². The van der Waals surface area contributed by atoms with Gasteiger partial charge in [-0.3, -0.25) is 9.69 Å². The van der Waals surface area contributed by atoms with Crippen molar-refractivity contribution in [3.63, 3.8) is 0 Å². The van der Waals surface area contributed by atoms with Crippen LogP contribution in [-0.2, 0) is 4.79 Å². The third-order valence-corrected chi connectivity index (χ3v) is 9.57. The highest BCUT2D eigenvalue weighted by Crippen LogP contribution is 2.42. The number of nitrogens with one attached hydrogen (secondary N) is 1. The van der Waals surface area contributed by atoms with E-state index in [2.05, 4.69) is 64.8 Å². The lowest BCUT2D eigenvalue weighted by Crippen LogP contribution is -2.45. The van der Waals surface area contributed by atoms with Gasteiger partial charge < -0.3 is 9.88 Å². The molecule has 3 aliphatic rings. The number of hydrogen-bond donors (Lipinski definition) is 1. The summed E-state index contributed by atoms with van der Waals surface area (Å²) < 4.78 is 2.44. The molecular formula is C27H41N5OS. The number of carbonyl (C=O) groups is 1. The second-order valence-corrected chi connectivity index (χ2v) is 12.5. The molecule has 1 amide bonds. The molecule has 2 aromatic heterocycles. The molecule has 0 spiro atoms. The molecule has 2 saturated heterocycles. The van der Waals surface area contributed by atoms with Crippen LogP contribution >= 0.6 is 11.3 Å². The minimum absolute atomic E-state index is 0.136. The Hall–Kier alpha value is -1.73. The standard InChI is InChI=1S/C27H41N5OS/c1-17(2)26-30-29-19(4)32(26)23-15-21-10-11-22(16-23)31(21)14-13-24(25-12-9-18(3)34-25)28-27(33)20-7-5-6-8-20/h9,12,17,20-24H,5-8,10-11,13-16H2,1-4H3,(H,28,33)/t21-,22+,23-,24-/m0/s1. The molecular weight excluding hydrogens is 442 g/mol. The minimum Gasteiger partial charge on any atom is -0.348 e. The van der Waals surface area contributed by atoms with Crippen LogP contribution in [-0.4, -0.2) is 44.2 Å². The maximum Gasteiger partial charge on any atom is 0.223 e. The van der Waals surface area contributed by atoms with Crippen LogP contribution in [0.2, 0.25) is 0 Å². The second-order valence-electron chi connectivity index (χ2n) is 11.2. The summed E-state index contributed by atoms with van der Waals surface area (Å²) >= 11 is 1.84. The smallest absolute Gasteiger partial charge is 0.223 e. The third-order valence-electron chi connectivity index (χ3n) is 8.46. The molecule has 4 atom stereocenters. The van der Waals surface area contributed by atoms with Crippen molar-refractivity contribution < 1.29 is 4.79 Å². The monoisotopic (exact) mass is 483 g/mol. The molecule has 7 heteroatoms. The lowest BCUT2D eigenvalue weighted by atomic mass is 9.95. The van der Waals surface area contributed by atoms with Crippen molar-refractivity contribution in [1.82, 2.24) is 25.0 Å². The first kappa shape index (κ1) is 24.0. The number of aromatic nitrogens is 3. The van der Waals surface area contributed by atoms with Gasteiger partial charge in [0.1, 0.15) is 11.6 Å². The molecule has 34 heavy (non-hydrogen) atoms. The van der Waals surface area contributed by atoms with Gasteiger partial charge in [0.15, 0.2) is 0 Å². The first-order valence-electron chi connectivity index (χ1n) is 13.4. The van der Waals surface area contributed by atoms with Crippen molar-refractivity contribution in [1.29, 1.82) is 0 Å². The van der Waals surface area contributed by atoms with Crippen molar-refractivity contribution in [2.75, 3.05) is 6.54 Å². The fourth-order valence-corrected chi connectivity index (χ4v) is 7.70. The van der Waals surface area contributed by atoms with Gasteiger partial charge in [-0.2, -0.15) is 0 Å². The van der Waals surface area contributed by atoms with Crippen molar-refractivity contribution in [3.05, 3.63) is 33.5 Å². The van der Waals surface area contributed by atoms with Gasteiger partial charge in [0, 0.05) is 46.3 Å². The summed E-state index contributed by atoms with van der Waals surface area (Å²) in [5.41, 5.74) is 0. The fourth-order valence-electron chi connectivity index (χ4n) is 6.73. The van der Waals surface area contributed by atoms with Crippen molar-refractivity contribution in [2.45, 2.75) is 116 Å². The van der Waals surface area contributed by atoms with E-state index >= 15 is 0 Å². The molecule has 3 fully saturated rings. The van der Waals surface area contributed by atoms with E-state index < -0.39 is 0 Å². The highest BCUT2D eigenvalue weighted by molar-refractivity contribution is 7.12. The number of aryl methyl sites for hydroxylation is 2. The lowest BCUT2D eigenvalue weighted by molar-refractivity contribution is -0.125. The van der Waals surface area contributed by atoms with Crippen LogP contribution in [0.4, 0.5) is 0 Å². The van der Waals surface area contributed by atoms with E-state index in [1.54, 1.807) is 0 Å². The van der Waals surface area contributed by atoms with Gasteiger partial charge in [0.05, 0.1) is 6.04 Å². The molecule has 4 heterocycles. The van der Waals surface area contributed by atoms with Crippen LogP contribution in [0.3, 0.4) is 0 Å². The first-order chi connectivity index (χ1) is 16.4. The summed E-state index contributed by atoms with van der Waals surface area (Å²) in [6, 6.07) is 6.32. The van der Waals surface area contributed by atoms with Crippen LogP contribution < -0.4 is 5.32 Å². The van der Waals surface area contributed by atoms with Gasteiger partial charge in [0.25, 0.3) is 0 Å². The summed E-state index contributed by atoms with van der Waals surface area (Å²) in [6.45, 7) is 9.76. The Bertz CT molecular complexity index is 977. The number of rotatable bonds is 8. The predicted molar refractivity (Wildman–Crippen MR) is 137 cm³/mol. The van der Waals surface area contributed by atoms with E-state index in [0.717, 1.165) is 37.5 Å². The predicted octanol–water partition coefficient (Wildman–Crippen LogP) is 5.69. The SMILES string of the molecule is Cc1ccc([C@H](CCN2[C@@H]3CC[C@H]2C[C@H](n2c(C)nnc2C(C)C)C3)NC(=O)C2CCCC2)s1. The minimum atomic E-state index is 0.136. The number of carbonyl (C=O) groups excluding carboxylic acids is 1. The number of amides is 1. The maximum atomic E-state index is 13.0. The summed E-state index contributed by atoms with van der Waals surface area (Å²) in [5.74, 6) is 3.09. The number of fused-ring (bicyclic) bond motifs is 2. The lowest BCUT2D eigenvalue weighted by Gasteiger charge is -2.40. The van der Waals surface area contributed by atoms with Crippen LogP contribution in [0.25, 0.3) is 0 Å². The second kappa shape index (κ2) is 10.1. The molecule has 186 valence electrons. The summed E-state index contributed by atoms with van der Waals surface area (Å²) in [5, 5.41) is 12.4. The van der Waals surface area contributed by atoms with Crippen molar-refractivity contribution in [3.8, 4) is 0 Å². The van der Waals surface area contributed by atoms with Crippen LogP contribution in [0.15, 0.2) is 12.1 Å². The average Bonchev–Trinajstić information content (AvgIpc) is 3.59. The molecule has 2 bridgehead atoms. The van der Waals surface area contributed by atoms with Gasteiger partial charge in [-0.1, -0.05) is 26.7 Å². The Balaban J connectivity index is 1.26. The zero-order valence-electron chi connectivity index (χ0n) is 21.3. The van der Waals surface area contributed by atoms with Gasteiger partial charge in [0.2, 0.25) is 5.91 Å². The molecule has 0 aromatic carbocycles. The topological polar surface area (TPSA) is 63.1 Å². The quantitative estimate of drug-likeness (QED) is 0.524. The fraction of sp³-hybridized carbons (Fsp3) is 0.741.